The van der Waals surface area contributed by atoms with Gasteiger partial charge in [-0.25, -0.2) is 9.97 Å². The topological polar surface area (TPSA) is 25.8 Å². The molecule has 2 nitrogen and oxygen atoms in total. The fourth-order valence-corrected chi connectivity index (χ4v) is 1.72. The van der Waals surface area contributed by atoms with Crippen molar-refractivity contribution >= 4 is 34.2 Å². The molecule has 0 fully saturated rings. The van der Waals surface area contributed by atoms with Crippen LogP contribution in [0.3, 0.4) is 0 Å². The number of hydrogen-bond donors (Lipinski definition) is 0. The van der Waals surface area contributed by atoms with Gasteiger partial charge >= 0.3 is 6.18 Å². The molecular weight excluding hydrogens is 276 g/mol. The number of fused-ring (bicyclic) bond motifs is 1. The number of benzene rings is 1. The average molecular weight is 281 g/mol. The normalized spacial score (nSPS) is 12.1. The van der Waals surface area contributed by atoms with E-state index in [0.717, 1.165) is 0 Å². The molecule has 0 saturated heterocycles. The molecule has 1 heterocycles. The Bertz CT molecular complexity index is 596. The lowest BCUT2D eigenvalue weighted by molar-refractivity contribution is -0.141. The highest BCUT2D eigenvalue weighted by atomic mass is 35.5. The molecule has 0 aliphatic carbocycles. The zero-order chi connectivity index (χ0) is 12.8. The number of aromatic nitrogens is 2. The minimum absolute atomic E-state index is 0.0670. The van der Waals surface area contributed by atoms with E-state index in [2.05, 4.69) is 9.97 Å². The number of alkyl halides is 3. The van der Waals surface area contributed by atoms with Crippen molar-refractivity contribution in [3.63, 3.8) is 0 Å². The molecule has 0 N–H and O–H groups in total. The van der Waals surface area contributed by atoms with Crippen LogP contribution in [0.25, 0.3) is 11.0 Å². The van der Waals surface area contributed by atoms with Crippen molar-refractivity contribution in [3.05, 3.63) is 33.6 Å². The van der Waals surface area contributed by atoms with E-state index >= 15 is 0 Å². The van der Waals surface area contributed by atoms with Crippen LogP contribution in [-0.2, 0) is 6.18 Å². The van der Waals surface area contributed by atoms with Gasteiger partial charge in [-0.2, -0.15) is 13.2 Å². The number of halogens is 5. The minimum Gasteiger partial charge on any atom is -0.249 e. The second kappa shape index (κ2) is 3.99. The number of nitrogens with zero attached hydrogens (tertiary/aromatic N) is 2. The second-order valence-electron chi connectivity index (χ2n) is 3.41. The van der Waals surface area contributed by atoms with E-state index in [1.54, 1.807) is 0 Å². The Morgan fingerprint density at radius 1 is 1.00 bits per heavy atom. The maximum absolute atomic E-state index is 12.6. The highest BCUT2D eigenvalue weighted by molar-refractivity contribution is 6.42. The molecule has 7 heteroatoms. The van der Waals surface area contributed by atoms with Gasteiger partial charge in [0, 0.05) is 0 Å². The number of hydrogen-bond acceptors (Lipinski definition) is 2. The molecule has 90 valence electrons. The third-order valence-electron chi connectivity index (χ3n) is 2.15. The summed E-state index contributed by atoms with van der Waals surface area (Å²) in [6.45, 7) is 1.25. The van der Waals surface area contributed by atoms with E-state index in [1.165, 1.54) is 19.1 Å². The van der Waals surface area contributed by atoms with E-state index in [-0.39, 0.29) is 26.8 Å². The van der Waals surface area contributed by atoms with Gasteiger partial charge < -0.3 is 0 Å². The first-order chi connectivity index (χ1) is 7.79. The van der Waals surface area contributed by atoms with Crippen molar-refractivity contribution in [2.24, 2.45) is 0 Å². The maximum atomic E-state index is 12.6. The molecule has 2 aromatic rings. The molecule has 0 aliphatic rings. The zero-order valence-corrected chi connectivity index (χ0v) is 9.95. The molecule has 0 amide bonds. The summed E-state index contributed by atoms with van der Waals surface area (Å²) in [5, 5.41) is 0.373. The van der Waals surface area contributed by atoms with Crippen LogP contribution in [0.4, 0.5) is 13.2 Å². The monoisotopic (exact) mass is 280 g/mol. The summed E-state index contributed by atoms with van der Waals surface area (Å²) in [4.78, 5) is 7.34. The fraction of sp³-hybridized carbons (Fsp3) is 0.200. The van der Waals surface area contributed by atoms with Crippen molar-refractivity contribution in [1.29, 1.82) is 0 Å². The predicted molar refractivity (Wildman–Crippen MR) is 59.3 cm³/mol. The van der Waals surface area contributed by atoms with Crippen molar-refractivity contribution in [3.8, 4) is 0 Å². The Hall–Kier alpha value is -1.07. The summed E-state index contributed by atoms with van der Waals surface area (Å²) in [6.07, 6.45) is -4.53. The van der Waals surface area contributed by atoms with Crippen molar-refractivity contribution in [2.45, 2.75) is 13.1 Å². The quantitative estimate of drug-likeness (QED) is 0.720. The van der Waals surface area contributed by atoms with E-state index in [1.807, 2.05) is 0 Å². The Labute approximate surface area is 104 Å². The van der Waals surface area contributed by atoms with Crippen molar-refractivity contribution < 1.29 is 13.2 Å². The second-order valence-corrected chi connectivity index (χ2v) is 4.22. The van der Waals surface area contributed by atoms with Gasteiger partial charge in [-0.15, -0.1) is 0 Å². The summed E-state index contributed by atoms with van der Waals surface area (Å²) in [7, 11) is 0. The van der Waals surface area contributed by atoms with Crippen LogP contribution in [0, 0.1) is 6.92 Å². The molecule has 17 heavy (non-hydrogen) atoms. The van der Waals surface area contributed by atoms with Gasteiger partial charge in [-0.05, 0) is 19.1 Å². The molecule has 1 aromatic carbocycles. The van der Waals surface area contributed by atoms with Crippen molar-refractivity contribution in [2.75, 3.05) is 0 Å². The van der Waals surface area contributed by atoms with Gasteiger partial charge in [0.25, 0.3) is 0 Å². The van der Waals surface area contributed by atoms with E-state index in [9.17, 15) is 13.2 Å². The number of aryl methyl sites for hydroxylation is 1. The Morgan fingerprint density at radius 3 is 1.94 bits per heavy atom. The molecule has 0 spiro atoms. The van der Waals surface area contributed by atoms with Crippen LogP contribution in [0.1, 0.15) is 11.4 Å². The first kappa shape index (κ1) is 12.4. The molecule has 0 aliphatic heterocycles. The van der Waals surface area contributed by atoms with Gasteiger partial charge in [0.2, 0.25) is 0 Å². The van der Waals surface area contributed by atoms with Crippen LogP contribution in [0.2, 0.25) is 10.0 Å². The summed E-state index contributed by atoms with van der Waals surface area (Å²) >= 11 is 11.5. The van der Waals surface area contributed by atoms with E-state index in [0.29, 0.717) is 0 Å². The van der Waals surface area contributed by atoms with E-state index < -0.39 is 11.9 Å². The highest BCUT2D eigenvalue weighted by Crippen LogP contribution is 2.32. The third kappa shape index (κ3) is 2.30. The smallest absolute Gasteiger partial charge is 0.249 e. The molecule has 2 rings (SSSR count). The van der Waals surface area contributed by atoms with E-state index in [4.69, 9.17) is 23.2 Å². The van der Waals surface area contributed by atoms with Crippen LogP contribution < -0.4 is 0 Å². The van der Waals surface area contributed by atoms with Gasteiger partial charge in [0.15, 0.2) is 5.69 Å². The molecule has 0 unspecified atom stereocenters. The highest BCUT2D eigenvalue weighted by Gasteiger charge is 2.35. The molecule has 0 bridgehead atoms. The third-order valence-corrected chi connectivity index (χ3v) is 2.87. The lowest BCUT2D eigenvalue weighted by Crippen LogP contribution is -2.12. The molecule has 1 aromatic heterocycles. The largest absolute Gasteiger partial charge is 0.435 e. The standard InChI is InChI=1S/C10H5Cl2F3N2/c1-4-9(10(13,14)15)17-8-3-6(12)5(11)2-7(8)16-4/h2-3H,1H3. The molecule has 0 saturated carbocycles. The molecule has 0 radical (unpaired) electrons. The number of rotatable bonds is 0. The van der Waals surface area contributed by atoms with Gasteiger partial charge in [0.05, 0.1) is 26.8 Å². The fourth-order valence-electron chi connectivity index (χ4n) is 1.41. The predicted octanol–water partition coefficient (Wildman–Crippen LogP) is 4.26. The lowest BCUT2D eigenvalue weighted by atomic mass is 10.2. The summed E-state index contributed by atoms with van der Waals surface area (Å²) in [6, 6.07) is 2.65. The first-order valence-electron chi connectivity index (χ1n) is 4.49. The molecular formula is C10H5Cl2F3N2. The van der Waals surface area contributed by atoms with Crippen molar-refractivity contribution in [1.82, 2.24) is 9.97 Å². The van der Waals surface area contributed by atoms with Crippen LogP contribution in [0.5, 0.6) is 0 Å². The van der Waals surface area contributed by atoms with Crippen LogP contribution >= 0.6 is 23.2 Å². The van der Waals surface area contributed by atoms with Gasteiger partial charge in [-0.1, -0.05) is 23.2 Å². The van der Waals surface area contributed by atoms with Gasteiger partial charge in [0.1, 0.15) is 0 Å². The first-order valence-corrected chi connectivity index (χ1v) is 5.25. The lowest BCUT2D eigenvalue weighted by Gasteiger charge is -2.10. The summed E-state index contributed by atoms with van der Waals surface area (Å²) < 4.78 is 37.8. The average Bonchev–Trinajstić information content (AvgIpc) is 2.18. The summed E-state index contributed by atoms with van der Waals surface area (Å²) in [5.74, 6) is 0. The summed E-state index contributed by atoms with van der Waals surface area (Å²) in [5.41, 5.74) is -0.853. The minimum atomic E-state index is -4.53. The molecule has 0 atom stereocenters. The SMILES string of the molecule is Cc1nc2cc(Cl)c(Cl)cc2nc1C(F)(F)F. The van der Waals surface area contributed by atoms with Gasteiger partial charge in [-0.3, -0.25) is 0 Å². The van der Waals surface area contributed by atoms with Crippen LogP contribution in [-0.4, -0.2) is 9.97 Å². The Balaban J connectivity index is 2.76. The Kier molecular flexibility index (Phi) is 2.91. The zero-order valence-electron chi connectivity index (χ0n) is 8.44. The maximum Gasteiger partial charge on any atom is 0.435 e. The Morgan fingerprint density at radius 2 is 1.47 bits per heavy atom. The van der Waals surface area contributed by atoms with Crippen LogP contribution in [0.15, 0.2) is 12.1 Å².